The Morgan fingerprint density at radius 3 is 2.82 bits per heavy atom. The van der Waals surface area contributed by atoms with Crippen molar-refractivity contribution in [1.82, 2.24) is 4.98 Å². The Morgan fingerprint density at radius 1 is 1.35 bits per heavy atom. The first-order chi connectivity index (χ1) is 8.22. The van der Waals surface area contributed by atoms with Gasteiger partial charge in [-0.1, -0.05) is 17.8 Å². The van der Waals surface area contributed by atoms with Gasteiger partial charge in [0.25, 0.3) is 0 Å². The van der Waals surface area contributed by atoms with Crippen LogP contribution in [0.3, 0.4) is 0 Å². The molecule has 1 heterocycles. The number of carbonyl (C=O) groups excluding carboxylic acids is 2. The third kappa shape index (κ3) is 6.06. The molecule has 0 radical (unpaired) electrons. The predicted molar refractivity (Wildman–Crippen MR) is 65.8 cm³/mol. The summed E-state index contributed by atoms with van der Waals surface area (Å²) in [5.74, 6) is 0.0635. The van der Waals surface area contributed by atoms with Crippen LogP contribution in [0.25, 0.3) is 0 Å². The fourth-order valence-electron chi connectivity index (χ4n) is 1.13. The lowest BCUT2D eigenvalue weighted by Gasteiger charge is -2.01. The second-order valence-electron chi connectivity index (χ2n) is 3.30. The summed E-state index contributed by atoms with van der Waals surface area (Å²) in [5, 5.41) is 0.817. The molecule has 92 valence electrons. The first-order valence-corrected chi connectivity index (χ1v) is 6.42. The lowest BCUT2D eigenvalue weighted by atomic mass is 10.2. The van der Waals surface area contributed by atoms with Crippen LogP contribution in [-0.4, -0.2) is 29.1 Å². The van der Waals surface area contributed by atoms with E-state index in [1.54, 1.807) is 13.1 Å². The molecule has 0 aromatic carbocycles. The number of ether oxygens (including phenoxy) is 1. The Bertz CT molecular complexity index is 367. The van der Waals surface area contributed by atoms with E-state index < -0.39 is 0 Å². The minimum Gasteiger partial charge on any atom is -0.466 e. The second-order valence-corrected chi connectivity index (χ2v) is 4.30. The van der Waals surface area contributed by atoms with Crippen LogP contribution in [0.5, 0.6) is 0 Å². The Morgan fingerprint density at radius 2 is 2.18 bits per heavy atom. The molecule has 5 heteroatoms. The van der Waals surface area contributed by atoms with Crippen LogP contribution in [0.15, 0.2) is 29.4 Å². The Labute approximate surface area is 105 Å². The molecule has 0 saturated heterocycles. The van der Waals surface area contributed by atoms with Gasteiger partial charge in [-0.15, -0.1) is 0 Å². The Kier molecular flexibility index (Phi) is 6.32. The summed E-state index contributed by atoms with van der Waals surface area (Å²) in [7, 11) is 0. The largest absolute Gasteiger partial charge is 0.466 e. The number of hydrogen-bond donors (Lipinski definition) is 0. The lowest BCUT2D eigenvalue weighted by Crippen LogP contribution is -2.09. The van der Waals surface area contributed by atoms with Gasteiger partial charge in [0, 0.05) is 12.6 Å². The molecule has 0 atom stereocenters. The fraction of sp³-hybridized carbons (Fsp3) is 0.417. The summed E-state index contributed by atoms with van der Waals surface area (Å²) in [6.07, 6.45) is 2.08. The SMILES string of the molecule is CCOC(=O)CCC(=O)CSc1ccccn1. The molecule has 0 unspecified atom stereocenters. The van der Waals surface area contributed by atoms with Gasteiger partial charge >= 0.3 is 5.97 Å². The van der Waals surface area contributed by atoms with Gasteiger partial charge in [-0.25, -0.2) is 4.98 Å². The molecule has 0 bridgehead atoms. The smallest absolute Gasteiger partial charge is 0.306 e. The topological polar surface area (TPSA) is 56.3 Å². The highest BCUT2D eigenvalue weighted by Crippen LogP contribution is 2.14. The molecule has 1 aromatic heterocycles. The van der Waals surface area contributed by atoms with Crippen molar-refractivity contribution in [3.63, 3.8) is 0 Å². The van der Waals surface area contributed by atoms with E-state index in [-0.39, 0.29) is 24.6 Å². The van der Waals surface area contributed by atoms with Crippen molar-refractivity contribution >= 4 is 23.5 Å². The van der Waals surface area contributed by atoms with Crippen molar-refractivity contribution in [2.24, 2.45) is 0 Å². The van der Waals surface area contributed by atoms with E-state index in [0.29, 0.717) is 12.4 Å². The van der Waals surface area contributed by atoms with Crippen molar-refractivity contribution < 1.29 is 14.3 Å². The normalized spacial score (nSPS) is 9.94. The maximum atomic E-state index is 11.5. The first kappa shape index (κ1) is 13.7. The van der Waals surface area contributed by atoms with Crippen molar-refractivity contribution in [1.29, 1.82) is 0 Å². The van der Waals surface area contributed by atoms with Crippen molar-refractivity contribution in [2.45, 2.75) is 24.8 Å². The Hall–Kier alpha value is -1.36. The van der Waals surface area contributed by atoms with Crippen LogP contribution >= 0.6 is 11.8 Å². The monoisotopic (exact) mass is 253 g/mol. The van der Waals surface area contributed by atoms with Gasteiger partial charge in [0.2, 0.25) is 0 Å². The van der Waals surface area contributed by atoms with Crippen LogP contribution in [0.2, 0.25) is 0 Å². The zero-order valence-electron chi connectivity index (χ0n) is 9.72. The van der Waals surface area contributed by atoms with Gasteiger partial charge in [-0.3, -0.25) is 9.59 Å². The molecular formula is C12H15NO3S. The molecule has 0 aliphatic carbocycles. The van der Waals surface area contributed by atoms with Crippen LogP contribution in [-0.2, 0) is 14.3 Å². The number of ketones is 1. The summed E-state index contributed by atoms with van der Waals surface area (Å²) in [4.78, 5) is 26.6. The van der Waals surface area contributed by atoms with Gasteiger partial charge in [0.1, 0.15) is 5.78 Å². The predicted octanol–water partition coefficient (Wildman–Crippen LogP) is 2.09. The fourth-order valence-corrected chi connectivity index (χ4v) is 1.90. The van der Waals surface area contributed by atoms with Crippen molar-refractivity contribution in [2.75, 3.05) is 12.4 Å². The van der Waals surface area contributed by atoms with Crippen LogP contribution in [0.1, 0.15) is 19.8 Å². The third-order valence-electron chi connectivity index (χ3n) is 1.93. The van der Waals surface area contributed by atoms with E-state index in [4.69, 9.17) is 4.74 Å². The summed E-state index contributed by atoms with van der Waals surface area (Å²) < 4.78 is 4.74. The number of nitrogens with zero attached hydrogens (tertiary/aromatic N) is 1. The average Bonchev–Trinajstić information content (AvgIpc) is 2.35. The van der Waals surface area contributed by atoms with Gasteiger partial charge in [0.05, 0.1) is 23.8 Å². The summed E-state index contributed by atoms with van der Waals surface area (Å²) in [5.41, 5.74) is 0. The number of carbonyl (C=O) groups is 2. The highest BCUT2D eigenvalue weighted by Gasteiger charge is 2.08. The van der Waals surface area contributed by atoms with E-state index >= 15 is 0 Å². The molecule has 1 aromatic rings. The van der Waals surface area contributed by atoms with E-state index in [0.717, 1.165) is 5.03 Å². The highest BCUT2D eigenvalue weighted by molar-refractivity contribution is 7.99. The lowest BCUT2D eigenvalue weighted by molar-refractivity contribution is -0.144. The zero-order valence-corrected chi connectivity index (χ0v) is 10.5. The third-order valence-corrected chi connectivity index (χ3v) is 2.94. The maximum Gasteiger partial charge on any atom is 0.306 e. The summed E-state index contributed by atoms with van der Waals surface area (Å²) in [6, 6.07) is 5.55. The van der Waals surface area contributed by atoms with E-state index in [1.807, 2.05) is 18.2 Å². The maximum absolute atomic E-state index is 11.5. The highest BCUT2D eigenvalue weighted by atomic mass is 32.2. The number of rotatable bonds is 7. The average molecular weight is 253 g/mol. The molecule has 0 spiro atoms. The molecule has 17 heavy (non-hydrogen) atoms. The standard InChI is InChI=1S/C12H15NO3S/c1-2-16-12(15)7-6-10(14)9-17-11-5-3-4-8-13-11/h3-5,8H,2,6-7,9H2,1H3. The molecule has 0 saturated carbocycles. The van der Waals surface area contributed by atoms with Crippen molar-refractivity contribution in [3.8, 4) is 0 Å². The molecule has 0 aliphatic rings. The number of Topliss-reactive ketones (excluding diaryl/α,β-unsaturated/α-hetero) is 1. The van der Waals surface area contributed by atoms with E-state index in [2.05, 4.69) is 4.98 Å². The molecule has 0 aliphatic heterocycles. The van der Waals surface area contributed by atoms with Crippen LogP contribution < -0.4 is 0 Å². The number of esters is 1. The number of hydrogen-bond acceptors (Lipinski definition) is 5. The minimum atomic E-state index is -0.316. The zero-order chi connectivity index (χ0) is 12.5. The summed E-state index contributed by atoms with van der Waals surface area (Å²) in [6.45, 7) is 2.10. The molecule has 0 N–H and O–H groups in total. The van der Waals surface area contributed by atoms with Gasteiger partial charge in [-0.2, -0.15) is 0 Å². The van der Waals surface area contributed by atoms with Crippen molar-refractivity contribution in [3.05, 3.63) is 24.4 Å². The van der Waals surface area contributed by atoms with Crippen LogP contribution in [0, 0.1) is 0 Å². The molecule has 0 amide bonds. The number of aromatic nitrogens is 1. The number of pyridine rings is 1. The summed E-state index contributed by atoms with van der Waals surface area (Å²) >= 11 is 1.38. The van der Waals surface area contributed by atoms with Gasteiger partial charge < -0.3 is 4.74 Å². The minimum absolute atomic E-state index is 0.0358. The van der Waals surface area contributed by atoms with Gasteiger partial charge in [0.15, 0.2) is 0 Å². The quantitative estimate of drug-likeness (QED) is 0.550. The molecular weight excluding hydrogens is 238 g/mol. The Balaban J connectivity index is 2.20. The molecule has 1 rings (SSSR count). The van der Waals surface area contributed by atoms with E-state index in [9.17, 15) is 9.59 Å². The van der Waals surface area contributed by atoms with E-state index in [1.165, 1.54) is 11.8 Å². The molecule has 0 fully saturated rings. The molecule has 4 nitrogen and oxygen atoms in total. The second kappa shape index (κ2) is 7.84. The van der Waals surface area contributed by atoms with Gasteiger partial charge in [-0.05, 0) is 19.1 Å². The van der Waals surface area contributed by atoms with Crippen LogP contribution in [0.4, 0.5) is 0 Å². The first-order valence-electron chi connectivity index (χ1n) is 5.43. The number of thioether (sulfide) groups is 1.